The van der Waals surface area contributed by atoms with Crippen molar-refractivity contribution in [1.29, 1.82) is 0 Å². The fraction of sp³-hybridized carbons (Fsp3) is 0.353. The molecule has 1 aliphatic rings. The maximum absolute atomic E-state index is 11.9. The van der Waals surface area contributed by atoms with E-state index in [1.54, 1.807) is 36.7 Å². The van der Waals surface area contributed by atoms with Crippen molar-refractivity contribution in [2.75, 3.05) is 49.5 Å². The molecule has 1 aromatic heterocycles. The molecule has 8 heteroatoms. The van der Waals surface area contributed by atoms with Crippen LogP contribution in [0.3, 0.4) is 0 Å². The summed E-state index contributed by atoms with van der Waals surface area (Å²) in [6, 6.07) is 8.68. The molecule has 1 aliphatic heterocycles. The molecule has 2 N–H and O–H groups in total. The molecule has 0 atom stereocenters. The first-order chi connectivity index (χ1) is 12.2. The van der Waals surface area contributed by atoms with E-state index in [-0.39, 0.29) is 6.03 Å². The Kier molecular flexibility index (Phi) is 6.03. The first kappa shape index (κ1) is 17.4. The third-order valence-electron chi connectivity index (χ3n) is 4.00. The quantitative estimate of drug-likeness (QED) is 0.854. The van der Waals surface area contributed by atoms with Crippen molar-refractivity contribution >= 4 is 29.3 Å². The Morgan fingerprint density at radius 1 is 1.12 bits per heavy atom. The highest BCUT2D eigenvalue weighted by Gasteiger charge is 2.18. The van der Waals surface area contributed by atoms with E-state index in [0.717, 1.165) is 38.7 Å². The van der Waals surface area contributed by atoms with Crippen LogP contribution in [0.4, 0.5) is 16.4 Å². The predicted octanol–water partition coefficient (Wildman–Crippen LogP) is 2.07. The molecule has 3 rings (SSSR count). The standard InChI is InChI=1S/C17H21ClN6O/c18-14-3-1-4-15(13-14)22-17(25)21-7-8-23-9-11-24(12-10-23)16-19-5-2-6-20-16/h1-6,13H,7-12H2,(H2,21,22,25). The second kappa shape index (κ2) is 8.64. The van der Waals surface area contributed by atoms with Crippen LogP contribution in [0.2, 0.25) is 5.02 Å². The smallest absolute Gasteiger partial charge is 0.319 e. The average molecular weight is 361 g/mol. The third-order valence-corrected chi connectivity index (χ3v) is 4.24. The molecule has 2 heterocycles. The summed E-state index contributed by atoms with van der Waals surface area (Å²) in [5.74, 6) is 0.779. The highest BCUT2D eigenvalue weighted by molar-refractivity contribution is 6.30. The van der Waals surface area contributed by atoms with Gasteiger partial charge in [-0.15, -0.1) is 0 Å². The summed E-state index contributed by atoms with van der Waals surface area (Å²) in [5, 5.41) is 6.23. The van der Waals surface area contributed by atoms with Crippen LogP contribution in [0, 0.1) is 0 Å². The maximum Gasteiger partial charge on any atom is 0.319 e. The number of benzene rings is 1. The maximum atomic E-state index is 11.9. The van der Waals surface area contributed by atoms with Gasteiger partial charge in [0.1, 0.15) is 0 Å². The monoisotopic (exact) mass is 360 g/mol. The molecule has 1 saturated heterocycles. The van der Waals surface area contributed by atoms with E-state index in [0.29, 0.717) is 17.3 Å². The number of nitrogens with zero attached hydrogens (tertiary/aromatic N) is 4. The second-order valence-corrected chi connectivity index (χ2v) is 6.21. The van der Waals surface area contributed by atoms with Crippen LogP contribution in [-0.2, 0) is 0 Å². The molecule has 25 heavy (non-hydrogen) atoms. The van der Waals surface area contributed by atoms with Crippen molar-refractivity contribution < 1.29 is 4.79 Å². The molecule has 1 fully saturated rings. The largest absolute Gasteiger partial charge is 0.338 e. The molecule has 0 radical (unpaired) electrons. The van der Waals surface area contributed by atoms with Crippen molar-refractivity contribution in [1.82, 2.24) is 20.2 Å². The minimum Gasteiger partial charge on any atom is -0.338 e. The van der Waals surface area contributed by atoms with E-state index in [1.807, 2.05) is 6.07 Å². The summed E-state index contributed by atoms with van der Waals surface area (Å²) in [6.07, 6.45) is 3.52. The normalized spacial score (nSPS) is 15.0. The lowest BCUT2D eigenvalue weighted by molar-refractivity contribution is 0.240. The first-order valence-corrected chi connectivity index (χ1v) is 8.63. The molecular weight excluding hydrogens is 340 g/mol. The van der Waals surface area contributed by atoms with E-state index < -0.39 is 0 Å². The Morgan fingerprint density at radius 2 is 1.88 bits per heavy atom. The van der Waals surface area contributed by atoms with Crippen LogP contribution >= 0.6 is 11.6 Å². The highest BCUT2D eigenvalue weighted by atomic mass is 35.5. The van der Waals surface area contributed by atoms with Gasteiger partial charge >= 0.3 is 6.03 Å². The number of piperazine rings is 1. The minimum atomic E-state index is -0.224. The number of rotatable bonds is 5. The van der Waals surface area contributed by atoms with Crippen molar-refractivity contribution in [3.8, 4) is 0 Å². The number of halogens is 1. The van der Waals surface area contributed by atoms with Gasteiger partial charge in [-0.05, 0) is 24.3 Å². The van der Waals surface area contributed by atoms with Crippen LogP contribution < -0.4 is 15.5 Å². The lowest BCUT2D eigenvalue weighted by Crippen LogP contribution is -2.49. The van der Waals surface area contributed by atoms with Crippen molar-refractivity contribution in [3.05, 3.63) is 47.7 Å². The summed E-state index contributed by atoms with van der Waals surface area (Å²) < 4.78 is 0. The molecular formula is C17H21ClN6O. The summed E-state index contributed by atoms with van der Waals surface area (Å²) in [6.45, 7) is 5.03. The molecule has 0 spiro atoms. The van der Waals surface area contributed by atoms with Gasteiger partial charge in [0.15, 0.2) is 0 Å². The van der Waals surface area contributed by atoms with Crippen LogP contribution in [0.1, 0.15) is 0 Å². The van der Waals surface area contributed by atoms with Gasteiger partial charge < -0.3 is 15.5 Å². The highest BCUT2D eigenvalue weighted by Crippen LogP contribution is 2.14. The third kappa shape index (κ3) is 5.30. The molecule has 2 amide bonds. The number of carbonyl (C=O) groups is 1. The fourth-order valence-electron chi connectivity index (χ4n) is 2.70. The van der Waals surface area contributed by atoms with Crippen molar-refractivity contribution in [2.24, 2.45) is 0 Å². The molecule has 132 valence electrons. The summed E-state index contributed by atoms with van der Waals surface area (Å²) in [7, 11) is 0. The Labute approximate surface area is 152 Å². The van der Waals surface area contributed by atoms with E-state index in [4.69, 9.17) is 11.6 Å². The van der Waals surface area contributed by atoms with Gasteiger partial charge in [0.25, 0.3) is 0 Å². The number of hydrogen-bond acceptors (Lipinski definition) is 5. The molecule has 2 aromatic rings. The van der Waals surface area contributed by atoms with Gasteiger partial charge in [0, 0.05) is 62.4 Å². The SMILES string of the molecule is O=C(NCCN1CCN(c2ncccn2)CC1)Nc1cccc(Cl)c1. The van der Waals surface area contributed by atoms with Crippen LogP contribution in [0.15, 0.2) is 42.7 Å². The van der Waals surface area contributed by atoms with E-state index in [9.17, 15) is 4.79 Å². The minimum absolute atomic E-state index is 0.224. The molecule has 0 bridgehead atoms. The molecule has 0 saturated carbocycles. The average Bonchev–Trinajstić information content (AvgIpc) is 2.63. The van der Waals surface area contributed by atoms with Crippen LogP contribution in [-0.4, -0.2) is 60.2 Å². The topological polar surface area (TPSA) is 73.4 Å². The zero-order chi connectivity index (χ0) is 17.5. The number of aromatic nitrogens is 2. The summed E-state index contributed by atoms with van der Waals surface area (Å²) >= 11 is 5.90. The lowest BCUT2D eigenvalue weighted by atomic mass is 10.3. The van der Waals surface area contributed by atoms with Gasteiger partial charge in [-0.25, -0.2) is 14.8 Å². The Hall–Kier alpha value is -2.38. The summed E-state index contributed by atoms with van der Waals surface area (Å²) in [5.41, 5.74) is 0.682. The zero-order valence-corrected chi connectivity index (χ0v) is 14.6. The summed E-state index contributed by atoms with van der Waals surface area (Å²) in [4.78, 5) is 24.9. The number of amides is 2. The second-order valence-electron chi connectivity index (χ2n) is 5.77. The van der Waals surface area contributed by atoms with Gasteiger partial charge in [0.2, 0.25) is 5.95 Å². The van der Waals surface area contributed by atoms with Gasteiger partial charge in [-0.1, -0.05) is 17.7 Å². The predicted molar refractivity (Wildman–Crippen MR) is 99.2 cm³/mol. The van der Waals surface area contributed by atoms with Crippen LogP contribution in [0.25, 0.3) is 0 Å². The number of hydrogen-bond donors (Lipinski definition) is 2. The van der Waals surface area contributed by atoms with Gasteiger partial charge in [0.05, 0.1) is 0 Å². The molecule has 0 unspecified atom stereocenters. The van der Waals surface area contributed by atoms with E-state index in [2.05, 4.69) is 30.4 Å². The Morgan fingerprint density at radius 3 is 2.60 bits per heavy atom. The van der Waals surface area contributed by atoms with E-state index in [1.165, 1.54) is 0 Å². The Balaban J connectivity index is 1.35. The molecule has 0 aliphatic carbocycles. The number of nitrogens with one attached hydrogen (secondary N) is 2. The van der Waals surface area contributed by atoms with Crippen molar-refractivity contribution in [2.45, 2.75) is 0 Å². The number of carbonyl (C=O) groups excluding carboxylic acids is 1. The first-order valence-electron chi connectivity index (χ1n) is 8.25. The number of anilines is 2. The van der Waals surface area contributed by atoms with Crippen molar-refractivity contribution in [3.63, 3.8) is 0 Å². The molecule has 1 aromatic carbocycles. The fourth-order valence-corrected chi connectivity index (χ4v) is 2.89. The molecule has 7 nitrogen and oxygen atoms in total. The van der Waals surface area contributed by atoms with Crippen LogP contribution in [0.5, 0.6) is 0 Å². The zero-order valence-electron chi connectivity index (χ0n) is 13.9. The number of urea groups is 1. The Bertz CT molecular complexity index is 691. The van der Waals surface area contributed by atoms with Gasteiger partial charge in [-0.2, -0.15) is 0 Å². The lowest BCUT2D eigenvalue weighted by Gasteiger charge is -2.34. The van der Waals surface area contributed by atoms with E-state index >= 15 is 0 Å². The van der Waals surface area contributed by atoms with Gasteiger partial charge in [-0.3, -0.25) is 4.90 Å².